The van der Waals surface area contributed by atoms with Crippen molar-refractivity contribution in [2.45, 2.75) is 45.9 Å². The van der Waals surface area contributed by atoms with Gasteiger partial charge in [0.2, 0.25) is 0 Å². The molecule has 0 N–H and O–H groups in total. The Bertz CT molecular complexity index is 510. The van der Waals surface area contributed by atoms with Gasteiger partial charge in [0, 0.05) is 5.56 Å². The normalized spacial score (nSPS) is 18.8. The molecule has 0 aromatic heterocycles. The summed E-state index contributed by atoms with van der Waals surface area (Å²) < 4.78 is 11.3. The quantitative estimate of drug-likeness (QED) is 0.673. The van der Waals surface area contributed by atoms with Crippen LogP contribution >= 0.6 is 0 Å². The lowest BCUT2D eigenvalue weighted by Crippen LogP contribution is -2.39. The Morgan fingerprint density at radius 2 is 2.15 bits per heavy atom. The van der Waals surface area contributed by atoms with E-state index in [2.05, 4.69) is 6.07 Å². The second-order valence-electron chi connectivity index (χ2n) is 6.40. The zero-order valence-corrected chi connectivity index (χ0v) is 12.9. The van der Waals surface area contributed by atoms with Gasteiger partial charge in [0.05, 0.1) is 13.1 Å². The summed E-state index contributed by atoms with van der Waals surface area (Å²) in [4.78, 5) is 14.0. The number of carbonyl (C=O) groups excluding carboxylic acids is 1. The van der Waals surface area contributed by atoms with Gasteiger partial charge in [-0.2, -0.15) is 0 Å². The lowest BCUT2D eigenvalue weighted by molar-refractivity contribution is 0.0188. The monoisotopic (exact) mass is 275 g/mol. The second-order valence-corrected chi connectivity index (χ2v) is 6.40. The van der Waals surface area contributed by atoms with Gasteiger partial charge >= 0.3 is 6.09 Å². The third kappa shape index (κ3) is 3.68. The molecule has 1 amide bonds. The maximum absolute atomic E-state index is 12.3. The van der Waals surface area contributed by atoms with Gasteiger partial charge in [-0.25, -0.2) is 4.79 Å². The number of carbonyl (C=O) groups is 1. The highest BCUT2D eigenvalue weighted by Gasteiger charge is 2.27. The molecule has 1 heterocycles. The fourth-order valence-electron chi connectivity index (χ4n) is 2.25. The van der Waals surface area contributed by atoms with E-state index in [-0.39, 0.29) is 12.2 Å². The van der Waals surface area contributed by atoms with Gasteiger partial charge in [0.15, 0.2) is 0 Å². The molecule has 1 aromatic rings. The topological polar surface area (TPSA) is 38.8 Å². The number of hydrogen-bond donors (Lipinski definition) is 0. The van der Waals surface area contributed by atoms with Crippen LogP contribution < -0.4 is 10.2 Å². The minimum atomic E-state index is -0.483. The first-order chi connectivity index (χ1) is 9.24. The van der Waals surface area contributed by atoms with E-state index in [1.807, 2.05) is 47.7 Å². The van der Waals surface area contributed by atoms with E-state index in [0.717, 1.165) is 16.8 Å². The number of benzene rings is 1. The molecule has 2 rings (SSSR count). The summed E-state index contributed by atoms with van der Waals surface area (Å²) in [5.74, 6) is 0.856. The third-order valence-corrected chi connectivity index (χ3v) is 3.03. The van der Waals surface area contributed by atoms with Crippen molar-refractivity contribution < 1.29 is 14.3 Å². The maximum atomic E-state index is 12.3. The third-order valence-electron chi connectivity index (χ3n) is 3.03. The van der Waals surface area contributed by atoms with Crippen molar-refractivity contribution in [1.29, 1.82) is 0 Å². The number of hydrogen-bond acceptors (Lipinski definition) is 3. The first-order valence-electron chi connectivity index (χ1n) is 6.99. The van der Waals surface area contributed by atoms with E-state index in [1.165, 1.54) is 0 Å². The number of ether oxygens (including phenoxy) is 2. The van der Waals surface area contributed by atoms with Crippen LogP contribution in [0, 0.1) is 0 Å². The first kappa shape index (κ1) is 14.8. The Balaban J connectivity index is 2.22. The van der Waals surface area contributed by atoms with Crippen LogP contribution in [0.25, 0.3) is 0 Å². The Morgan fingerprint density at radius 1 is 1.45 bits per heavy atom. The van der Waals surface area contributed by atoms with Crippen molar-refractivity contribution >= 4 is 19.4 Å². The summed E-state index contributed by atoms with van der Waals surface area (Å²) in [5.41, 5.74) is 1.70. The van der Waals surface area contributed by atoms with Crippen molar-refractivity contribution in [2.75, 3.05) is 6.54 Å². The zero-order valence-electron chi connectivity index (χ0n) is 12.9. The molecule has 0 fully saturated rings. The molecular weight excluding hydrogens is 253 g/mol. The smallest absolute Gasteiger partial charge is 0.410 e. The molecule has 0 bridgehead atoms. The standard InChI is InChI=1S/C15H22BNO3/c1-10-8-17(14(18)20-15(2,3)4)9-11-7-12(16)5-6-13(11)19-10/h5-7,10H,8-9,16H2,1-4H3. The van der Waals surface area contributed by atoms with Crippen LogP contribution in [0.15, 0.2) is 18.2 Å². The molecule has 1 aliphatic heterocycles. The Kier molecular flexibility index (Phi) is 3.98. The highest BCUT2D eigenvalue weighted by atomic mass is 16.6. The van der Waals surface area contributed by atoms with Crippen molar-refractivity contribution in [3.8, 4) is 5.75 Å². The van der Waals surface area contributed by atoms with E-state index in [4.69, 9.17) is 9.47 Å². The minimum Gasteiger partial charge on any atom is -0.489 e. The van der Waals surface area contributed by atoms with Crippen LogP contribution in [0.3, 0.4) is 0 Å². The molecule has 108 valence electrons. The number of nitrogens with zero attached hydrogens (tertiary/aromatic N) is 1. The van der Waals surface area contributed by atoms with Crippen LogP contribution in [-0.4, -0.2) is 37.1 Å². The van der Waals surface area contributed by atoms with E-state index < -0.39 is 5.60 Å². The molecule has 0 aliphatic carbocycles. The molecule has 5 heteroatoms. The van der Waals surface area contributed by atoms with Gasteiger partial charge in [0.25, 0.3) is 0 Å². The average Bonchev–Trinajstić information content (AvgIpc) is 2.45. The van der Waals surface area contributed by atoms with Gasteiger partial charge in [0.1, 0.15) is 25.3 Å². The molecule has 0 saturated heterocycles. The predicted octanol–water partition coefficient (Wildman–Crippen LogP) is 1.46. The molecule has 1 atom stereocenters. The van der Waals surface area contributed by atoms with Crippen LogP contribution in [-0.2, 0) is 11.3 Å². The highest BCUT2D eigenvalue weighted by Crippen LogP contribution is 2.25. The van der Waals surface area contributed by atoms with E-state index in [0.29, 0.717) is 13.1 Å². The van der Waals surface area contributed by atoms with Crippen LogP contribution in [0.1, 0.15) is 33.3 Å². The van der Waals surface area contributed by atoms with Crippen molar-refractivity contribution in [3.63, 3.8) is 0 Å². The molecule has 1 aliphatic rings. The summed E-state index contributed by atoms with van der Waals surface area (Å²) in [5, 5.41) is 0. The number of rotatable bonds is 0. The SMILES string of the molecule is Bc1ccc2c(c1)CN(C(=O)OC(C)(C)C)CC(C)O2. The highest BCUT2D eigenvalue weighted by molar-refractivity contribution is 6.32. The Hall–Kier alpha value is -1.65. The van der Waals surface area contributed by atoms with Gasteiger partial charge < -0.3 is 14.4 Å². The van der Waals surface area contributed by atoms with E-state index >= 15 is 0 Å². The molecule has 1 aromatic carbocycles. The largest absolute Gasteiger partial charge is 0.489 e. The van der Waals surface area contributed by atoms with E-state index in [1.54, 1.807) is 4.90 Å². The Morgan fingerprint density at radius 3 is 2.80 bits per heavy atom. The number of amides is 1. The fourth-order valence-corrected chi connectivity index (χ4v) is 2.25. The zero-order chi connectivity index (χ0) is 14.9. The van der Waals surface area contributed by atoms with Crippen molar-refractivity contribution in [2.24, 2.45) is 0 Å². The average molecular weight is 275 g/mol. The van der Waals surface area contributed by atoms with Gasteiger partial charge in [-0.05, 0) is 33.8 Å². The molecule has 20 heavy (non-hydrogen) atoms. The predicted molar refractivity (Wildman–Crippen MR) is 81.4 cm³/mol. The molecule has 0 radical (unpaired) electrons. The second kappa shape index (κ2) is 5.39. The summed E-state index contributed by atoms with van der Waals surface area (Å²) in [6.45, 7) is 8.65. The molecule has 0 saturated carbocycles. The summed E-state index contributed by atoms with van der Waals surface area (Å²) in [6, 6.07) is 6.05. The summed E-state index contributed by atoms with van der Waals surface area (Å²) in [7, 11) is 2.03. The molecular formula is C15H22BNO3. The van der Waals surface area contributed by atoms with Crippen LogP contribution in [0.5, 0.6) is 5.75 Å². The van der Waals surface area contributed by atoms with Gasteiger partial charge in [-0.3, -0.25) is 0 Å². The maximum Gasteiger partial charge on any atom is 0.410 e. The lowest BCUT2D eigenvalue weighted by Gasteiger charge is -2.27. The van der Waals surface area contributed by atoms with Crippen molar-refractivity contribution in [1.82, 2.24) is 4.90 Å². The minimum absolute atomic E-state index is 0.0496. The fraction of sp³-hybridized carbons (Fsp3) is 0.533. The summed E-state index contributed by atoms with van der Waals surface area (Å²) >= 11 is 0. The summed E-state index contributed by atoms with van der Waals surface area (Å²) in [6.07, 6.45) is -0.339. The Labute approximate surface area is 121 Å². The van der Waals surface area contributed by atoms with Gasteiger partial charge in [-0.15, -0.1) is 0 Å². The van der Waals surface area contributed by atoms with Crippen molar-refractivity contribution in [3.05, 3.63) is 23.8 Å². The molecule has 0 spiro atoms. The lowest BCUT2D eigenvalue weighted by atomic mass is 9.94. The first-order valence-corrected chi connectivity index (χ1v) is 6.99. The number of fused-ring (bicyclic) bond motifs is 1. The molecule has 1 unspecified atom stereocenters. The molecule has 4 nitrogen and oxygen atoms in total. The van der Waals surface area contributed by atoms with E-state index in [9.17, 15) is 4.79 Å². The van der Waals surface area contributed by atoms with Gasteiger partial charge in [-0.1, -0.05) is 17.6 Å². The van der Waals surface area contributed by atoms with Crippen LogP contribution in [0.4, 0.5) is 4.79 Å². The van der Waals surface area contributed by atoms with Crippen LogP contribution in [0.2, 0.25) is 0 Å².